The summed E-state index contributed by atoms with van der Waals surface area (Å²) in [5.74, 6) is -0.378. The summed E-state index contributed by atoms with van der Waals surface area (Å²) in [7, 11) is 1.31. The first kappa shape index (κ1) is 13.6. The van der Waals surface area contributed by atoms with Gasteiger partial charge >= 0.3 is 5.97 Å². The summed E-state index contributed by atoms with van der Waals surface area (Å²) >= 11 is 6.16. The van der Waals surface area contributed by atoms with E-state index in [0.29, 0.717) is 22.7 Å². The van der Waals surface area contributed by atoms with E-state index in [1.54, 1.807) is 24.3 Å². The van der Waals surface area contributed by atoms with Gasteiger partial charge in [0.15, 0.2) is 5.78 Å². The second-order valence-electron chi connectivity index (χ2n) is 4.27. The standard InChI is InChI=1S/C14H14ClNO3/c1-19-14(18)11-6-3-7-12(13(11)15)16-9-4-2-5-10(17)8-9/h3,6-8,16H,2,4-5H2,1H3. The van der Waals surface area contributed by atoms with Crippen LogP contribution in [0.4, 0.5) is 5.69 Å². The van der Waals surface area contributed by atoms with E-state index in [0.717, 1.165) is 18.5 Å². The molecule has 100 valence electrons. The molecule has 19 heavy (non-hydrogen) atoms. The molecular weight excluding hydrogens is 266 g/mol. The molecule has 0 saturated carbocycles. The molecule has 0 fully saturated rings. The molecular formula is C14H14ClNO3. The minimum Gasteiger partial charge on any atom is -0.465 e. The lowest BCUT2D eigenvalue weighted by atomic mass is 10.0. The van der Waals surface area contributed by atoms with E-state index in [1.165, 1.54) is 7.11 Å². The van der Waals surface area contributed by atoms with Gasteiger partial charge in [-0.25, -0.2) is 4.79 Å². The number of hydrogen-bond acceptors (Lipinski definition) is 4. The summed E-state index contributed by atoms with van der Waals surface area (Å²) in [5, 5.41) is 3.40. The highest BCUT2D eigenvalue weighted by atomic mass is 35.5. The lowest BCUT2D eigenvalue weighted by Gasteiger charge is -2.16. The molecule has 4 nitrogen and oxygen atoms in total. The minimum atomic E-state index is -0.484. The van der Waals surface area contributed by atoms with E-state index in [1.807, 2.05) is 0 Å². The van der Waals surface area contributed by atoms with Crippen molar-refractivity contribution in [1.82, 2.24) is 0 Å². The number of hydrogen-bond donors (Lipinski definition) is 1. The number of ketones is 1. The summed E-state index contributed by atoms with van der Waals surface area (Å²) in [4.78, 5) is 22.9. The Hall–Kier alpha value is -1.81. The third kappa shape index (κ3) is 3.15. The van der Waals surface area contributed by atoms with Crippen molar-refractivity contribution in [2.24, 2.45) is 0 Å². The number of nitrogens with one attached hydrogen (secondary N) is 1. The predicted molar refractivity (Wildman–Crippen MR) is 73.4 cm³/mol. The molecule has 0 saturated heterocycles. The van der Waals surface area contributed by atoms with Crippen molar-refractivity contribution in [1.29, 1.82) is 0 Å². The number of benzene rings is 1. The summed E-state index contributed by atoms with van der Waals surface area (Å²) in [6.07, 6.45) is 3.79. The molecule has 1 aromatic carbocycles. The molecule has 0 aromatic heterocycles. The number of carbonyl (C=O) groups is 2. The van der Waals surface area contributed by atoms with Crippen LogP contribution in [0.15, 0.2) is 30.0 Å². The average Bonchev–Trinajstić information content (AvgIpc) is 2.40. The van der Waals surface area contributed by atoms with Crippen LogP contribution < -0.4 is 5.32 Å². The molecule has 1 N–H and O–H groups in total. The van der Waals surface area contributed by atoms with Gasteiger partial charge in [-0.1, -0.05) is 17.7 Å². The van der Waals surface area contributed by atoms with Gasteiger partial charge in [0.05, 0.1) is 23.4 Å². The maximum atomic E-state index is 11.5. The maximum Gasteiger partial charge on any atom is 0.339 e. The van der Waals surface area contributed by atoms with E-state index in [2.05, 4.69) is 10.1 Å². The van der Waals surface area contributed by atoms with Crippen LogP contribution in [0, 0.1) is 0 Å². The smallest absolute Gasteiger partial charge is 0.339 e. The molecule has 1 aliphatic rings. The Kier molecular flexibility index (Phi) is 4.22. The Bertz CT molecular complexity index is 552. The van der Waals surface area contributed by atoms with Crippen LogP contribution in [0.3, 0.4) is 0 Å². The molecule has 0 aliphatic heterocycles. The number of methoxy groups -OCH3 is 1. The number of esters is 1. The van der Waals surface area contributed by atoms with E-state index in [4.69, 9.17) is 11.6 Å². The van der Waals surface area contributed by atoms with Gasteiger partial charge in [-0.15, -0.1) is 0 Å². The van der Waals surface area contributed by atoms with Crippen molar-refractivity contribution in [3.8, 4) is 0 Å². The van der Waals surface area contributed by atoms with E-state index >= 15 is 0 Å². The lowest BCUT2D eigenvalue weighted by Crippen LogP contribution is -2.10. The Morgan fingerprint density at radius 2 is 2.16 bits per heavy atom. The van der Waals surface area contributed by atoms with Crippen molar-refractivity contribution in [3.63, 3.8) is 0 Å². The first-order valence-corrected chi connectivity index (χ1v) is 6.37. The molecule has 0 spiro atoms. The van der Waals surface area contributed by atoms with Crippen molar-refractivity contribution >= 4 is 29.0 Å². The zero-order valence-electron chi connectivity index (χ0n) is 10.5. The summed E-state index contributed by atoms with van der Waals surface area (Å²) in [6.45, 7) is 0. The second kappa shape index (κ2) is 5.89. The molecule has 0 bridgehead atoms. The maximum absolute atomic E-state index is 11.5. The minimum absolute atomic E-state index is 0.106. The van der Waals surface area contributed by atoms with E-state index in [-0.39, 0.29) is 5.78 Å². The third-order valence-electron chi connectivity index (χ3n) is 2.90. The molecule has 0 atom stereocenters. The Morgan fingerprint density at radius 1 is 1.37 bits per heavy atom. The number of anilines is 1. The zero-order valence-corrected chi connectivity index (χ0v) is 11.3. The molecule has 1 aliphatic carbocycles. The summed E-state index contributed by atoms with van der Waals surface area (Å²) in [5.41, 5.74) is 1.72. The van der Waals surface area contributed by atoms with E-state index in [9.17, 15) is 9.59 Å². The Morgan fingerprint density at radius 3 is 2.84 bits per heavy atom. The normalized spacial score (nSPS) is 14.8. The molecule has 0 radical (unpaired) electrons. The molecule has 0 amide bonds. The van der Waals surface area contributed by atoms with Crippen molar-refractivity contribution in [2.75, 3.05) is 12.4 Å². The highest BCUT2D eigenvalue weighted by Gasteiger charge is 2.15. The molecule has 2 rings (SSSR count). The fourth-order valence-corrected chi connectivity index (χ4v) is 2.21. The fraction of sp³-hybridized carbons (Fsp3) is 0.286. The molecule has 5 heteroatoms. The number of ether oxygens (including phenoxy) is 1. The molecule has 0 unspecified atom stereocenters. The third-order valence-corrected chi connectivity index (χ3v) is 3.31. The predicted octanol–water partition coefficient (Wildman–Crippen LogP) is 3.18. The number of rotatable bonds is 3. The van der Waals surface area contributed by atoms with Gasteiger partial charge in [-0.2, -0.15) is 0 Å². The lowest BCUT2D eigenvalue weighted by molar-refractivity contribution is -0.115. The monoisotopic (exact) mass is 279 g/mol. The zero-order chi connectivity index (χ0) is 13.8. The van der Waals surface area contributed by atoms with Gasteiger partial charge < -0.3 is 10.1 Å². The van der Waals surface area contributed by atoms with Crippen LogP contribution in [0.2, 0.25) is 5.02 Å². The van der Waals surface area contributed by atoms with Crippen molar-refractivity contribution in [3.05, 3.63) is 40.6 Å². The number of halogens is 1. The average molecular weight is 280 g/mol. The second-order valence-corrected chi connectivity index (χ2v) is 4.65. The summed E-state index contributed by atoms with van der Waals surface area (Å²) in [6, 6.07) is 5.07. The van der Waals surface area contributed by atoms with Gasteiger partial charge in [-0.05, 0) is 25.0 Å². The quantitative estimate of drug-likeness (QED) is 0.864. The van der Waals surface area contributed by atoms with Crippen molar-refractivity contribution < 1.29 is 14.3 Å². The van der Waals surface area contributed by atoms with Crippen LogP contribution in [0.25, 0.3) is 0 Å². The Labute approximate surface area is 116 Å². The first-order chi connectivity index (χ1) is 9.11. The van der Waals surface area contributed by atoms with Crippen LogP contribution in [-0.4, -0.2) is 18.9 Å². The van der Waals surface area contributed by atoms with Gasteiger partial charge in [0.25, 0.3) is 0 Å². The first-order valence-electron chi connectivity index (χ1n) is 5.99. The summed E-state index contributed by atoms with van der Waals surface area (Å²) < 4.78 is 4.66. The van der Waals surface area contributed by atoms with Gasteiger partial charge in [0, 0.05) is 18.2 Å². The highest BCUT2D eigenvalue weighted by molar-refractivity contribution is 6.36. The van der Waals surface area contributed by atoms with Crippen LogP contribution in [0.5, 0.6) is 0 Å². The van der Waals surface area contributed by atoms with Gasteiger partial charge in [-0.3, -0.25) is 4.79 Å². The van der Waals surface area contributed by atoms with Gasteiger partial charge in [0.1, 0.15) is 0 Å². The number of carbonyl (C=O) groups excluding carboxylic acids is 2. The topological polar surface area (TPSA) is 55.4 Å². The van der Waals surface area contributed by atoms with Crippen LogP contribution in [-0.2, 0) is 9.53 Å². The molecule has 0 heterocycles. The highest BCUT2D eigenvalue weighted by Crippen LogP contribution is 2.29. The Balaban J connectivity index is 2.26. The number of allylic oxidation sites excluding steroid dienone is 2. The SMILES string of the molecule is COC(=O)c1cccc(NC2=CC(=O)CCC2)c1Cl. The van der Waals surface area contributed by atoms with Gasteiger partial charge in [0.2, 0.25) is 0 Å². The fourth-order valence-electron chi connectivity index (χ4n) is 1.96. The van der Waals surface area contributed by atoms with E-state index < -0.39 is 5.97 Å². The van der Waals surface area contributed by atoms with Crippen molar-refractivity contribution in [2.45, 2.75) is 19.3 Å². The van der Waals surface area contributed by atoms with Crippen LogP contribution in [0.1, 0.15) is 29.6 Å². The van der Waals surface area contributed by atoms with Crippen LogP contribution >= 0.6 is 11.6 Å². The molecule has 1 aromatic rings. The largest absolute Gasteiger partial charge is 0.465 e.